The molecule has 7 heteroatoms. The van der Waals surface area contributed by atoms with Crippen LogP contribution in [0.4, 0.5) is 10.5 Å². The first kappa shape index (κ1) is 19.3. The minimum Gasteiger partial charge on any atom is -0.481 e. The molecule has 1 aliphatic rings. The quantitative estimate of drug-likeness (QED) is 0.853. The zero-order chi connectivity index (χ0) is 18.7. The summed E-state index contributed by atoms with van der Waals surface area (Å²) in [6.45, 7) is 12.0. The van der Waals surface area contributed by atoms with E-state index in [9.17, 15) is 14.7 Å². The van der Waals surface area contributed by atoms with Crippen LogP contribution in [0.3, 0.4) is 0 Å². The number of hydrogen-bond acceptors (Lipinski definition) is 3. The molecule has 2 amide bonds. The van der Waals surface area contributed by atoms with E-state index in [4.69, 9.17) is 0 Å². The molecule has 2 atom stereocenters. The van der Waals surface area contributed by atoms with Gasteiger partial charge in [-0.2, -0.15) is 5.10 Å². The van der Waals surface area contributed by atoms with Crippen LogP contribution in [0.25, 0.3) is 0 Å². The van der Waals surface area contributed by atoms with E-state index < -0.39 is 11.9 Å². The highest BCUT2D eigenvalue weighted by Crippen LogP contribution is 2.27. The molecule has 2 rings (SSSR count). The number of aromatic nitrogens is 2. The van der Waals surface area contributed by atoms with Crippen LogP contribution in [0.5, 0.6) is 0 Å². The lowest BCUT2D eigenvalue weighted by atomic mass is 9.91. The van der Waals surface area contributed by atoms with Gasteiger partial charge in [-0.15, -0.1) is 0 Å². The maximum Gasteiger partial charge on any atom is 0.321 e. The van der Waals surface area contributed by atoms with Crippen molar-refractivity contribution in [2.24, 2.45) is 17.8 Å². The van der Waals surface area contributed by atoms with Gasteiger partial charge >= 0.3 is 12.0 Å². The number of carbonyl (C=O) groups excluding carboxylic acids is 1. The smallest absolute Gasteiger partial charge is 0.321 e. The van der Waals surface area contributed by atoms with Crippen molar-refractivity contribution in [1.29, 1.82) is 0 Å². The highest BCUT2D eigenvalue weighted by molar-refractivity contribution is 5.90. The summed E-state index contributed by atoms with van der Waals surface area (Å²) < 4.78 is 1.95. The largest absolute Gasteiger partial charge is 0.481 e. The Morgan fingerprint density at radius 2 is 2.00 bits per heavy atom. The summed E-state index contributed by atoms with van der Waals surface area (Å²) in [5.41, 5.74) is 1.72. The third-order valence-corrected chi connectivity index (χ3v) is 4.50. The Kier molecular flexibility index (Phi) is 6.08. The second-order valence-electron chi connectivity index (χ2n) is 7.89. The van der Waals surface area contributed by atoms with Crippen LogP contribution in [0, 0.1) is 17.8 Å². The summed E-state index contributed by atoms with van der Waals surface area (Å²) in [5.74, 6) is -0.475. The molecule has 140 valence electrons. The van der Waals surface area contributed by atoms with Crippen molar-refractivity contribution in [3.8, 4) is 0 Å². The standard InChI is InChI=1S/C18H30N4O3/c1-11(2)8-22-16(12(3)4)15(7-19-22)20-18(25)21-9-13(5)6-14(10-21)17(23)24/h7,11-14H,6,8-10H2,1-5H3,(H,20,25)(H,23,24). The predicted octanol–water partition coefficient (Wildman–Crippen LogP) is 3.24. The Morgan fingerprint density at radius 1 is 1.32 bits per heavy atom. The zero-order valence-corrected chi connectivity index (χ0v) is 15.8. The van der Waals surface area contributed by atoms with Gasteiger partial charge in [0.25, 0.3) is 0 Å². The van der Waals surface area contributed by atoms with Crippen molar-refractivity contribution in [3.63, 3.8) is 0 Å². The number of rotatable bonds is 5. The van der Waals surface area contributed by atoms with Crippen LogP contribution in [0.2, 0.25) is 0 Å². The van der Waals surface area contributed by atoms with E-state index in [-0.39, 0.29) is 24.4 Å². The van der Waals surface area contributed by atoms with Crippen molar-refractivity contribution < 1.29 is 14.7 Å². The lowest BCUT2D eigenvalue weighted by Gasteiger charge is -2.34. The van der Waals surface area contributed by atoms with Crippen LogP contribution in [0.1, 0.15) is 52.7 Å². The Hall–Kier alpha value is -2.05. The van der Waals surface area contributed by atoms with Crippen molar-refractivity contribution >= 4 is 17.7 Å². The van der Waals surface area contributed by atoms with E-state index in [0.29, 0.717) is 24.6 Å². The Bertz CT molecular complexity index is 624. The highest BCUT2D eigenvalue weighted by atomic mass is 16.4. The first-order valence-electron chi connectivity index (χ1n) is 9.03. The molecule has 0 radical (unpaired) electrons. The molecule has 0 aromatic carbocycles. The maximum atomic E-state index is 12.7. The zero-order valence-electron chi connectivity index (χ0n) is 15.8. The topological polar surface area (TPSA) is 87.5 Å². The molecule has 1 aliphatic heterocycles. The summed E-state index contributed by atoms with van der Waals surface area (Å²) in [6, 6.07) is -0.246. The molecule has 2 heterocycles. The molecule has 0 aliphatic carbocycles. The lowest BCUT2D eigenvalue weighted by molar-refractivity contribution is -0.143. The van der Waals surface area contributed by atoms with Gasteiger partial charge in [-0.05, 0) is 24.2 Å². The molecule has 0 bridgehead atoms. The Labute approximate surface area is 149 Å². The minimum absolute atomic E-state index is 0.175. The van der Waals surface area contributed by atoms with Gasteiger partial charge in [-0.1, -0.05) is 34.6 Å². The molecular weight excluding hydrogens is 320 g/mol. The van der Waals surface area contributed by atoms with Crippen LogP contribution < -0.4 is 5.32 Å². The summed E-state index contributed by atoms with van der Waals surface area (Å²) in [5, 5.41) is 16.6. The number of anilines is 1. The van der Waals surface area contributed by atoms with Crippen molar-refractivity contribution in [2.75, 3.05) is 18.4 Å². The van der Waals surface area contributed by atoms with Gasteiger partial charge in [-0.25, -0.2) is 4.79 Å². The first-order chi connectivity index (χ1) is 11.7. The number of carboxylic acid groups (broad SMARTS) is 1. The normalized spacial score (nSPS) is 21.0. The predicted molar refractivity (Wildman–Crippen MR) is 96.7 cm³/mol. The van der Waals surface area contributed by atoms with E-state index in [1.54, 1.807) is 11.1 Å². The maximum absolute atomic E-state index is 12.7. The fourth-order valence-corrected chi connectivity index (χ4v) is 3.48. The average molecular weight is 350 g/mol. The van der Waals surface area contributed by atoms with Crippen LogP contribution in [-0.4, -0.2) is 44.9 Å². The monoisotopic (exact) mass is 350 g/mol. The number of urea groups is 1. The number of piperidine rings is 1. The van der Waals surface area contributed by atoms with Crippen molar-refractivity contribution in [3.05, 3.63) is 11.9 Å². The fraction of sp³-hybridized carbons (Fsp3) is 0.722. The van der Waals surface area contributed by atoms with Gasteiger partial charge in [0.1, 0.15) is 0 Å². The molecule has 1 fully saturated rings. The van der Waals surface area contributed by atoms with Gasteiger partial charge in [0, 0.05) is 19.6 Å². The highest BCUT2D eigenvalue weighted by Gasteiger charge is 2.32. The van der Waals surface area contributed by atoms with Gasteiger partial charge in [-0.3, -0.25) is 9.48 Å². The number of amides is 2. The van der Waals surface area contributed by atoms with Crippen molar-refractivity contribution in [1.82, 2.24) is 14.7 Å². The molecule has 1 aromatic rings. The summed E-state index contributed by atoms with van der Waals surface area (Å²) in [6.07, 6.45) is 2.31. The SMILES string of the molecule is CC(C)Cn1ncc(NC(=O)N2CC(C)CC(C(=O)O)C2)c1C(C)C. The van der Waals surface area contributed by atoms with E-state index >= 15 is 0 Å². The van der Waals surface area contributed by atoms with Crippen LogP contribution in [0.15, 0.2) is 6.20 Å². The van der Waals surface area contributed by atoms with Crippen LogP contribution >= 0.6 is 0 Å². The van der Waals surface area contributed by atoms with E-state index in [1.165, 1.54) is 0 Å². The first-order valence-corrected chi connectivity index (χ1v) is 9.03. The van der Waals surface area contributed by atoms with E-state index in [0.717, 1.165) is 12.2 Å². The summed E-state index contributed by atoms with van der Waals surface area (Å²) >= 11 is 0. The van der Waals surface area contributed by atoms with Crippen molar-refractivity contribution in [2.45, 2.75) is 53.5 Å². The molecule has 1 aromatic heterocycles. The summed E-state index contributed by atoms with van der Waals surface area (Å²) in [4.78, 5) is 25.6. The Morgan fingerprint density at radius 3 is 2.56 bits per heavy atom. The Balaban J connectivity index is 2.14. The number of hydrogen-bond donors (Lipinski definition) is 2. The second kappa shape index (κ2) is 7.89. The second-order valence-corrected chi connectivity index (χ2v) is 7.89. The molecule has 25 heavy (non-hydrogen) atoms. The number of nitrogens with zero attached hydrogens (tertiary/aromatic N) is 3. The van der Waals surface area contributed by atoms with Gasteiger partial charge < -0.3 is 15.3 Å². The number of carboxylic acids is 1. The number of likely N-dealkylation sites (tertiary alicyclic amines) is 1. The molecule has 2 unspecified atom stereocenters. The van der Waals surface area contributed by atoms with Gasteiger partial charge in [0.05, 0.1) is 23.5 Å². The number of nitrogens with one attached hydrogen (secondary N) is 1. The van der Waals surface area contributed by atoms with Gasteiger partial charge in [0.15, 0.2) is 0 Å². The fourth-order valence-electron chi connectivity index (χ4n) is 3.48. The number of aliphatic carboxylic acids is 1. The van der Waals surface area contributed by atoms with E-state index in [1.807, 2.05) is 11.6 Å². The summed E-state index contributed by atoms with van der Waals surface area (Å²) in [7, 11) is 0. The third kappa shape index (κ3) is 4.74. The van der Waals surface area contributed by atoms with E-state index in [2.05, 4.69) is 38.1 Å². The molecule has 7 nitrogen and oxygen atoms in total. The van der Waals surface area contributed by atoms with Crippen LogP contribution in [-0.2, 0) is 11.3 Å². The molecule has 2 N–H and O–H groups in total. The molecule has 0 spiro atoms. The molecular formula is C18H30N4O3. The lowest BCUT2D eigenvalue weighted by Crippen LogP contribution is -2.47. The van der Waals surface area contributed by atoms with Gasteiger partial charge in [0.2, 0.25) is 0 Å². The minimum atomic E-state index is -0.836. The average Bonchev–Trinajstić information content (AvgIpc) is 2.88. The molecule has 0 saturated carbocycles. The third-order valence-electron chi connectivity index (χ3n) is 4.50. The number of carbonyl (C=O) groups is 2. The molecule has 1 saturated heterocycles.